The normalized spacial score (nSPS) is 34.1. The Bertz CT molecular complexity index is 174. The lowest BCUT2D eigenvalue weighted by molar-refractivity contribution is -0.151. The van der Waals surface area contributed by atoms with Crippen molar-refractivity contribution in [2.45, 2.75) is 32.2 Å². The zero-order chi connectivity index (χ0) is 8.48. The van der Waals surface area contributed by atoms with Gasteiger partial charge in [0, 0.05) is 6.04 Å². The minimum absolute atomic E-state index is 0. The number of nitrogens with two attached hydrogens (primary N) is 1. The molecule has 0 saturated heterocycles. The molecule has 0 aliphatic heterocycles. The third-order valence-corrected chi connectivity index (χ3v) is 2.46. The number of hydrogen-bond acceptors (Lipinski definition) is 3. The van der Waals surface area contributed by atoms with E-state index in [1.165, 1.54) is 7.11 Å². The predicted molar refractivity (Wildman–Crippen MR) is 49.2 cm³/mol. The van der Waals surface area contributed by atoms with E-state index >= 15 is 0 Å². The number of halogens is 1. The number of hydrogen-bond donors (Lipinski definition) is 1. The molecule has 0 bridgehead atoms. The Balaban J connectivity index is 0.00000121. The Kier molecular flexibility index (Phi) is 4.00. The minimum Gasteiger partial charge on any atom is -0.469 e. The summed E-state index contributed by atoms with van der Waals surface area (Å²) < 4.78 is 4.69. The smallest absolute Gasteiger partial charge is 0.311 e. The number of carbonyl (C=O) groups excluding carboxylic acids is 1. The SMILES string of the molecule is COC(=O)[C@]1(C)CC[C@@H](N)C1.Cl. The number of esters is 1. The number of ether oxygens (including phenoxy) is 1. The predicted octanol–water partition coefficient (Wildman–Crippen LogP) is 1.10. The van der Waals surface area contributed by atoms with Crippen LogP contribution in [-0.2, 0) is 9.53 Å². The van der Waals surface area contributed by atoms with Gasteiger partial charge in [0.25, 0.3) is 0 Å². The lowest BCUT2D eigenvalue weighted by atomic mass is 9.89. The first-order valence-electron chi connectivity index (χ1n) is 3.92. The van der Waals surface area contributed by atoms with Crippen LogP contribution in [0.5, 0.6) is 0 Å². The fourth-order valence-corrected chi connectivity index (χ4v) is 1.72. The van der Waals surface area contributed by atoms with E-state index in [4.69, 9.17) is 10.5 Å². The third-order valence-electron chi connectivity index (χ3n) is 2.46. The van der Waals surface area contributed by atoms with Gasteiger partial charge >= 0.3 is 5.97 Å². The highest BCUT2D eigenvalue weighted by molar-refractivity contribution is 5.85. The molecule has 0 unspecified atom stereocenters. The summed E-state index contributed by atoms with van der Waals surface area (Å²) in [7, 11) is 1.43. The molecule has 1 fully saturated rings. The van der Waals surface area contributed by atoms with E-state index in [0.29, 0.717) is 0 Å². The molecule has 1 saturated carbocycles. The molecule has 4 heteroatoms. The molecule has 0 radical (unpaired) electrons. The Labute approximate surface area is 79.1 Å². The molecule has 2 atom stereocenters. The van der Waals surface area contributed by atoms with Crippen molar-refractivity contribution in [1.29, 1.82) is 0 Å². The Morgan fingerprint density at radius 3 is 2.58 bits per heavy atom. The highest BCUT2D eigenvalue weighted by Gasteiger charge is 2.40. The summed E-state index contributed by atoms with van der Waals surface area (Å²) >= 11 is 0. The summed E-state index contributed by atoms with van der Waals surface area (Å²) in [6, 6.07) is 0.180. The van der Waals surface area contributed by atoms with Crippen molar-refractivity contribution in [2.75, 3.05) is 7.11 Å². The van der Waals surface area contributed by atoms with Gasteiger partial charge in [-0.2, -0.15) is 0 Å². The van der Waals surface area contributed by atoms with Crippen LogP contribution < -0.4 is 5.73 Å². The van der Waals surface area contributed by atoms with Crippen LogP contribution >= 0.6 is 12.4 Å². The molecule has 0 aromatic rings. The average Bonchev–Trinajstić information content (AvgIpc) is 2.31. The van der Waals surface area contributed by atoms with Crippen molar-refractivity contribution in [3.05, 3.63) is 0 Å². The molecular weight excluding hydrogens is 178 g/mol. The van der Waals surface area contributed by atoms with E-state index in [1.54, 1.807) is 0 Å². The van der Waals surface area contributed by atoms with Gasteiger partial charge in [-0.25, -0.2) is 0 Å². The molecule has 2 N–H and O–H groups in total. The summed E-state index contributed by atoms with van der Waals surface area (Å²) in [4.78, 5) is 11.2. The molecule has 0 heterocycles. The quantitative estimate of drug-likeness (QED) is 0.635. The average molecular weight is 194 g/mol. The van der Waals surface area contributed by atoms with Crippen LogP contribution in [-0.4, -0.2) is 19.1 Å². The fraction of sp³-hybridized carbons (Fsp3) is 0.875. The van der Waals surface area contributed by atoms with Crippen molar-refractivity contribution >= 4 is 18.4 Å². The van der Waals surface area contributed by atoms with Crippen LogP contribution in [0, 0.1) is 5.41 Å². The van der Waals surface area contributed by atoms with Gasteiger partial charge in [0.1, 0.15) is 0 Å². The fourth-order valence-electron chi connectivity index (χ4n) is 1.72. The van der Waals surface area contributed by atoms with E-state index in [2.05, 4.69) is 0 Å². The number of methoxy groups -OCH3 is 1. The molecule has 72 valence electrons. The second-order valence-electron chi connectivity index (χ2n) is 3.56. The van der Waals surface area contributed by atoms with E-state index in [-0.39, 0.29) is 29.8 Å². The zero-order valence-corrected chi connectivity index (χ0v) is 8.32. The molecule has 0 amide bonds. The Hall–Kier alpha value is -0.280. The lowest BCUT2D eigenvalue weighted by Crippen LogP contribution is -2.28. The topological polar surface area (TPSA) is 52.3 Å². The molecule has 0 aromatic heterocycles. The highest BCUT2D eigenvalue weighted by Crippen LogP contribution is 2.37. The summed E-state index contributed by atoms with van der Waals surface area (Å²) in [6.07, 6.45) is 2.56. The Morgan fingerprint density at radius 2 is 2.25 bits per heavy atom. The first-order valence-corrected chi connectivity index (χ1v) is 3.92. The van der Waals surface area contributed by atoms with Crippen LogP contribution in [0.3, 0.4) is 0 Å². The van der Waals surface area contributed by atoms with Crippen LogP contribution in [0.2, 0.25) is 0 Å². The number of rotatable bonds is 1. The van der Waals surface area contributed by atoms with Gasteiger partial charge in [-0.3, -0.25) is 4.79 Å². The molecule has 1 rings (SSSR count). The molecule has 0 aromatic carbocycles. The molecule has 12 heavy (non-hydrogen) atoms. The summed E-state index contributed by atoms with van der Waals surface area (Å²) in [5.74, 6) is -0.120. The third kappa shape index (κ3) is 2.11. The van der Waals surface area contributed by atoms with Gasteiger partial charge in [-0.1, -0.05) is 0 Å². The first kappa shape index (κ1) is 11.7. The van der Waals surface area contributed by atoms with Crippen molar-refractivity contribution in [3.63, 3.8) is 0 Å². The summed E-state index contributed by atoms with van der Waals surface area (Å²) in [5.41, 5.74) is 5.38. The summed E-state index contributed by atoms with van der Waals surface area (Å²) in [5, 5.41) is 0. The van der Waals surface area contributed by atoms with E-state index in [1.807, 2.05) is 6.92 Å². The maximum Gasteiger partial charge on any atom is 0.311 e. The van der Waals surface area contributed by atoms with Gasteiger partial charge < -0.3 is 10.5 Å². The molecule has 1 aliphatic carbocycles. The second-order valence-corrected chi connectivity index (χ2v) is 3.56. The van der Waals surface area contributed by atoms with Crippen molar-refractivity contribution < 1.29 is 9.53 Å². The second kappa shape index (κ2) is 4.10. The zero-order valence-electron chi connectivity index (χ0n) is 7.50. The van der Waals surface area contributed by atoms with E-state index in [0.717, 1.165) is 19.3 Å². The van der Waals surface area contributed by atoms with Crippen molar-refractivity contribution in [1.82, 2.24) is 0 Å². The van der Waals surface area contributed by atoms with Crippen molar-refractivity contribution in [3.8, 4) is 0 Å². The standard InChI is InChI=1S/C8H15NO2.ClH/c1-8(7(10)11-2)4-3-6(9)5-8;/h6H,3-5,9H2,1-2H3;1H/t6-,8-;/m1./s1. The van der Waals surface area contributed by atoms with Crippen LogP contribution in [0.15, 0.2) is 0 Å². The largest absolute Gasteiger partial charge is 0.469 e. The molecule has 0 spiro atoms. The van der Waals surface area contributed by atoms with Gasteiger partial charge in [0.05, 0.1) is 12.5 Å². The van der Waals surface area contributed by atoms with Crippen LogP contribution in [0.4, 0.5) is 0 Å². The first-order chi connectivity index (χ1) is 5.08. The van der Waals surface area contributed by atoms with E-state index < -0.39 is 0 Å². The van der Waals surface area contributed by atoms with Crippen molar-refractivity contribution in [2.24, 2.45) is 11.1 Å². The Morgan fingerprint density at radius 1 is 1.67 bits per heavy atom. The van der Waals surface area contributed by atoms with Gasteiger partial charge in [0.2, 0.25) is 0 Å². The van der Waals surface area contributed by atoms with Crippen LogP contribution in [0.25, 0.3) is 0 Å². The maximum atomic E-state index is 11.2. The molecule has 1 aliphatic rings. The summed E-state index contributed by atoms with van der Waals surface area (Å²) in [6.45, 7) is 1.92. The van der Waals surface area contributed by atoms with Gasteiger partial charge in [0.15, 0.2) is 0 Å². The maximum absolute atomic E-state index is 11.2. The minimum atomic E-state index is -0.311. The van der Waals surface area contributed by atoms with Crippen LogP contribution in [0.1, 0.15) is 26.2 Å². The number of carbonyl (C=O) groups is 1. The molecular formula is C8H16ClNO2. The van der Waals surface area contributed by atoms with E-state index in [9.17, 15) is 4.79 Å². The van der Waals surface area contributed by atoms with Gasteiger partial charge in [-0.05, 0) is 26.2 Å². The monoisotopic (exact) mass is 193 g/mol. The van der Waals surface area contributed by atoms with Gasteiger partial charge in [-0.15, -0.1) is 12.4 Å². The lowest BCUT2D eigenvalue weighted by Gasteiger charge is -2.19. The highest BCUT2D eigenvalue weighted by atomic mass is 35.5. The molecule has 3 nitrogen and oxygen atoms in total.